The van der Waals surface area contributed by atoms with Gasteiger partial charge < -0.3 is 19.9 Å². The number of amides is 1. The Balaban J connectivity index is 1.62. The van der Waals surface area contributed by atoms with Crippen LogP contribution in [0.4, 0.5) is 5.82 Å². The molecule has 3 aromatic heterocycles. The highest BCUT2D eigenvalue weighted by Gasteiger charge is 2.24. The number of benzene rings is 1. The Morgan fingerprint density at radius 1 is 1.26 bits per heavy atom. The van der Waals surface area contributed by atoms with E-state index in [0.29, 0.717) is 21.6 Å². The van der Waals surface area contributed by atoms with Crippen molar-refractivity contribution in [3.8, 4) is 17.6 Å². The van der Waals surface area contributed by atoms with E-state index in [9.17, 15) is 4.79 Å². The van der Waals surface area contributed by atoms with Gasteiger partial charge in [0.2, 0.25) is 12.0 Å². The Morgan fingerprint density at radius 2 is 2.11 bits per heavy atom. The number of nitriles is 1. The van der Waals surface area contributed by atoms with Gasteiger partial charge in [0.1, 0.15) is 23.6 Å². The van der Waals surface area contributed by atoms with Crippen LogP contribution in [0.2, 0.25) is 5.02 Å². The summed E-state index contributed by atoms with van der Waals surface area (Å²) in [5.41, 5.74) is 2.39. The standard InChI is InChI=1S/C23H20ClN7O4/c1-14-17(24)3-2-4-18(14)31-21-16(11-29-31)23(28-13-27-21)35-19(12-34-8-7-32)22(33)30-20-6-5-15(9-25)10-26-20/h2-6,10-11,13,19,32H,7-8,12H2,1H3,(H,26,30,33)/t19-/m0/s1. The second-order valence-electron chi connectivity index (χ2n) is 7.29. The van der Waals surface area contributed by atoms with Crippen molar-refractivity contribution in [1.29, 1.82) is 5.26 Å². The van der Waals surface area contributed by atoms with Gasteiger partial charge in [-0.05, 0) is 36.8 Å². The molecule has 1 aromatic carbocycles. The first-order chi connectivity index (χ1) is 17.0. The molecule has 0 fully saturated rings. The zero-order valence-corrected chi connectivity index (χ0v) is 19.3. The lowest BCUT2D eigenvalue weighted by Gasteiger charge is -2.18. The maximum absolute atomic E-state index is 12.9. The van der Waals surface area contributed by atoms with Crippen molar-refractivity contribution in [3.63, 3.8) is 0 Å². The zero-order chi connectivity index (χ0) is 24.8. The number of rotatable bonds is 9. The number of nitrogens with zero attached hydrogens (tertiary/aromatic N) is 6. The Bertz CT molecular complexity index is 1390. The lowest BCUT2D eigenvalue weighted by Crippen LogP contribution is -2.37. The number of anilines is 1. The molecule has 0 spiro atoms. The highest BCUT2D eigenvalue weighted by molar-refractivity contribution is 6.31. The van der Waals surface area contributed by atoms with Gasteiger partial charge in [0.05, 0.1) is 37.3 Å². The van der Waals surface area contributed by atoms with E-state index in [1.54, 1.807) is 10.7 Å². The predicted octanol–water partition coefficient (Wildman–Crippen LogP) is 2.44. The van der Waals surface area contributed by atoms with Crippen LogP contribution in [-0.4, -0.2) is 61.7 Å². The minimum Gasteiger partial charge on any atom is -0.461 e. The average Bonchev–Trinajstić information content (AvgIpc) is 3.30. The molecular formula is C23H20ClN7O4. The van der Waals surface area contributed by atoms with E-state index in [1.165, 1.54) is 30.9 Å². The van der Waals surface area contributed by atoms with Gasteiger partial charge in [-0.15, -0.1) is 0 Å². The van der Waals surface area contributed by atoms with Crippen molar-refractivity contribution in [3.05, 3.63) is 65.2 Å². The van der Waals surface area contributed by atoms with Crippen molar-refractivity contribution in [2.75, 3.05) is 25.1 Å². The van der Waals surface area contributed by atoms with Gasteiger partial charge in [0, 0.05) is 11.2 Å². The molecule has 4 rings (SSSR count). The fourth-order valence-corrected chi connectivity index (χ4v) is 3.38. The number of aromatic nitrogens is 5. The highest BCUT2D eigenvalue weighted by atomic mass is 35.5. The summed E-state index contributed by atoms with van der Waals surface area (Å²) in [5.74, 6) is -0.187. The number of fused-ring (bicyclic) bond motifs is 1. The van der Waals surface area contributed by atoms with Crippen LogP contribution in [0.1, 0.15) is 11.1 Å². The van der Waals surface area contributed by atoms with Gasteiger partial charge in [0.25, 0.3) is 5.91 Å². The van der Waals surface area contributed by atoms with Crippen LogP contribution in [-0.2, 0) is 9.53 Å². The molecule has 35 heavy (non-hydrogen) atoms. The summed E-state index contributed by atoms with van der Waals surface area (Å²) in [7, 11) is 0. The topological polar surface area (TPSA) is 148 Å². The van der Waals surface area contributed by atoms with Gasteiger partial charge >= 0.3 is 0 Å². The number of hydrogen-bond donors (Lipinski definition) is 2. The van der Waals surface area contributed by atoms with Crippen LogP contribution in [0.25, 0.3) is 16.7 Å². The van der Waals surface area contributed by atoms with E-state index in [2.05, 4.69) is 25.4 Å². The van der Waals surface area contributed by atoms with Crippen LogP contribution >= 0.6 is 11.6 Å². The SMILES string of the molecule is Cc1c(Cl)cccc1-n1ncc2c(O[C@@H](COCCO)C(=O)Nc3ccc(C#N)cn3)ncnc21. The van der Waals surface area contributed by atoms with Gasteiger partial charge in [-0.1, -0.05) is 17.7 Å². The number of halogens is 1. The number of aliphatic hydroxyl groups is 1. The monoisotopic (exact) mass is 493 g/mol. The quantitative estimate of drug-likeness (QED) is 0.335. The Kier molecular flexibility index (Phi) is 7.47. The van der Waals surface area contributed by atoms with E-state index in [4.69, 9.17) is 31.4 Å². The fraction of sp³-hybridized carbons (Fsp3) is 0.217. The van der Waals surface area contributed by atoms with Crippen molar-refractivity contribution in [2.45, 2.75) is 13.0 Å². The molecule has 0 radical (unpaired) electrons. The minimum absolute atomic E-state index is 0.0212. The molecule has 12 heteroatoms. The van der Waals surface area contributed by atoms with Gasteiger partial charge in [-0.25, -0.2) is 19.6 Å². The van der Waals surface area contributed by atoms with Crippen molar-refractivity contribution in [1.82, 2.24) is 24.7 Å². The molecule has 0 aliphatic heterocycles. The molecule has 178 valence electrons. The molecule has 4 aromatic rings. The molecule has 0 bridgehead atoms. The lowest BCUT2D eigenvalue weighted by molar-refractivity contribution is -0.125. The molecule has 1 atom stereocenters. The second kappa shape index (κ2) is 10.9. The third-order valence-electron chi connectivity index (χ3n) is 4.99. The van der Waals surface area contributed by atoms with Crippen molar-refractivity contribution >= 4 is 34.4 Å². The number of nitrogens with one attached hydrogen (secondary N) is 1. The molecule has 1 amide bonds. The van der Waals surface area contributed by atoms with Gasteiger partial charge in [-0.2, -0.15) is 10.4 Å². The molecule has 11 nitrogen and oxygen atoms in total. The van der Waals surface area contributed by atoms with Crippen LogP contribution < -0.4 is 10.1 Å². The van der Waals surface area contributed by atoms with Crippen LogP contribution in [0.5, 0.6) is 5.88 Å². The molecule has 0 saturated carbocycles. The minimum atomic E-state index is -1.13. The summed E-state index contributed by atoms with van der Waals surface area (Å²) in [6, 6.07) is 10.5. The van der Waals surface area contributed by atoms with Crippen LogP contribution in [0.3, 0.4) is 0 Å². The first-order valence-corrected chi connectivity index (χ1v) is 10.9. The smallest absolute Gasteiger partial charge is 0.269 e. The summed E-state index contributed by atoms with van der Waals surface area (Å²) >= 11 is 6.27. The van der Waals surface area contributed by atoms with E-state index >= 15 is 0 Å². The molecular weight excluding hydrogens is 474 g/mol. The van der Waals surface area contributed by atoms with Crippen LogP contribution in [0, 0.1) is 18.3 Å². The third kappa shape index (κ3) is 5.36. The van der Waals surface area contributed by atoms with E-state index in [-0.39, 0.29) is 31.5 Å². The summed E-state index contributed by atoms with van der Waals surface area (Å²) in [4.78, 5) is 25.5. The number of hydrogen-bond acceptors (Lipinski definition) is 9. The summed E-state index contributed by atoms with van der Waals surface area (Å²) < 4.78 is 12.9. The maximum Gasteiger partial charge on any atom is 0.269 e. The highest BCUT2D eigenvalue weighted by Crippen LogP contribution is 2.28. The third-order valence-corrected chi connectivity index (χ3v) is 5.40. The number of pyridine rings is 1. The molecule has 0 unspecified atom stereocenters. The van der Waals surface area contributed by atoms with Crippen molar-refractivity contribution in [2.24, 2.45) is 0 Å². The summed E-state index contributed by atoms with van der Waals surface area (Å²) in [6.07, 6.45) is 3.06. The first-order valence-electron chi connectivity index (χ1n) is 10.5. The first kappa shape index (κ1) is 24.0. The predicted molar refractivity (Wildman–Crippen MR) is 126 cm³/mol. The summed E-state index contributed by atoms with van der Waals surface area (Å²) in [5, 5.41) is 26.1. The van der Waals surface area contributed by atoms with E-state index in [1.807, 2.05) is 25.1 Å². The molecule has 2 N–H and O–H groups in total. The molecule has 0 saturated heterocycles. The van der Waals surface area contributed by atoms with E-state index < -0.39 is 12.0 Å². The largest absolute Gasteiger partial charge is 0.461 e. The second-order valence-corrected chi connectivity index (χ2v) is 7.70. The number of carbonyl (C=O) groups excluding carboxylic acids is 1. The molecule has 3 heterocycles. The maximum atomic E-state index is 12.9. The Morgan fingerprint density at radius 3 is 2.86 bits per heavy atom. The van der Waals surface area contributed by atoms with E-state index in [0.717, 1.165) is 11.3 Å². The normalized spacial score (nSPS) is 11.7. The molecule has 0 aliphatic carbocycles. The number of carbonyl (C=O) groups is 1. The Labute approximate surface area is 204 Å². The number of ether oxygens (including phenoxy) is 2. The Hall–Kier alpha value is -4.11. The van der Waals surface area contributed by atoms with Crippen molar-refractivity contribution < 1.29 is 19.4 Å². The lowest BCUT2D eigenvalue weighted by atomic mass is 10.2. The van der Waals surface area contributed by atoms with Crippen LogP contribution in [0.15, 0.2) is 49.1 Å². The summed E-state index contributed by atoms with van der Waals surface area (Å²) in [6.45, 7) is 1.53. The zero-order valence-electron chi connectivity index (χ0n) is 18.6. The molecule has 0 aliphatic rings. The average molecular weight is 494 g/mol. The van der Waals surface area contributed by atoms with Gasteiger partial charge in [-0.3, -0.25) is 4.79 Å². The van der Waals surface area contributed by atoms with Gasteiger partial charge in [0.15, 0.2) is 5.65 Å². The number of aliphatic hydroxyl groups excluding tert-OH is 1. The fourth-order valence-electron chi connectivity index (χ4n) is 3.21.